The molecule has 0 aliphatic carbocycles. The van der Waals surface area contributed by atoms with E-state index in [2.05, 4.69) is 5.32 Å². The van der Waals surface area contributed by atoms with Crippen LogP contribution in [0, 0.1) is 11.7 Å². The van der Waals surface area contributed by atoms with Gasteiger partial charge in [0.2, 0.25) is 0 Å². The summed E-state index contributed by atoms with van der Waals surface area (Å²) in [5.74, 6) is -1.91. The highest BCUT2D eigenvalue weighted by molar-refractivity contribution is 5.94. The molecule has 2 N–H and O–H groups in total. The minimum Gasteiger partial charge on any atom is -0.480 e. The van der Waals surface area contributed by atoms with E-state index in [1.54, 1.807) is 26.8 Å². The molecule has 1 aromatic rings. The monoisotopic (exact) mass is 282 g/mol. The molecule has 1 atom stereocenters. The number of rotatable bonds is 5. The van der Waals surface area contributed by atoms with Gasteiger partial charge < -0.3 is 10.4 Å². The van der Waals surface area contributed by atoms with Crippen molar-refractivity contribution in [1.29, 1.82) is 0 Å². The number of nitrogens with one attached hydrogen (secondary N) is 1. The van der Waals surface area contributed by atoms with Crippen molar-refractivity contribution in [3.63, 3.8) is 0 Å². The minimum atomic E-state index is -1.11. The molecule has 0 aliphatic rings. The van der Waals surface area contributed by atoms with Crippen LogP contribution in [0.5, 0.6) is 0 Å². The Morgan fingerprint density at radius 2 is 1.95 bits per heavy atom. The third kappa shape index (κ3) is 3.69. The van der Waals surface area contributed by atoms with Crippen molar-refractivity contribution < 1.29 is 19.1 Å². The first-order valence-corrected chi connectivity index (χ1v) is 6.43. The van der Waals surface area contributed by atoms with Gasteiger partial charge in [-0.1, -0.05) is 26.0 Å². The number of hydrogen-bond donors (Lipinski definition) is 2. The largest absolute Gasteiger partial charge is 0.480 e. The fourth-order valence-corrected chi connectivity index (χ4v) is 1.82. The third-order valence-electron chi connectivity index (χ3n) is 2.92. The van der Waals surface area contributed by atoms with E-state index in [4.69, 9.17) is 5.11 Å². The topological polar surface area (TPSA) is 69.6 Å². The maximum Gasteiger partial charge on any atom is 0.326 e. The van der Waals surface area contributed by atoms with Crippen LogP contribution in [-0.2, 0) is 4.79 Å². The fraction of sp³-hybridized carbons (Fsp3) is 0.429. The van der Waals surface area contributed by atoms with E-state index in [0.29, 0.717) is 0 Å². The average Bonchev–Trinajstić information content (AvgIpc) is 2.38. The first-order chi connectivity index (χ1) is 9.38. The third-order valence-corrected chi connectivity index (χ3v) is 2.92. The van der Waals surface area contributed by atoms with Gasteiger partial charge >= 0.3 is 12.0 Å². The molecule has 0 aliphatic heterocycles. The van der Waals surface area contributed by atoms with Gasteiger partial charge in [0.1, 0.15) is 11.9 Å². The Kier molecular flexibility index (Phi) is 5.49. The Morgan fingerprint density at radius 1 is 1.35 bits per heavy atom. The zero-order valence-electron chi connectivity index (χ0n) is 11.8. The van der Waals surface area contributed by atoms with Crippen LogP contribution in [0.1, 0.15) is 20.8 Å². The van der Waals surface area contributed by atoms with Crippen LogP contribution in [0.2, 0.25) is 0 Å². The Bertz CT molecular complexity index is 491. The highest BCUT2D eigenvalue weighted by Gasteiger charge is 2.26. The predicted molar refractivity (Wildman–Crippen MR) is 74.2 cm³/mol. The molecule has 0 saturated carbocycles. The predicted octanol–water partition coefficient (Wildman–Crippen LogP) is 2.47. The van der Waals surface area contributed by atoms with Crippen LogP contribution in [0.25, 0.3) is 0 Å². The maximum atomic E-state index is 13.7. The van der Waals surface area contributed by atoms with E-state index >= 15 is 0 Å². The van der Waals surface area contributed by atoms with Gasteiger partial charge in [-0.15, -0.1) is 0 Å². The Morgan fingerprint density at radius 3 is 2.40 bits per heavy atom. The SMILES string of the molecule is CCN(C(=O)N[C@@H](C(=O)O)C(C)C)c1ccccc1F. The molecule has 1 aromatic carbocycles. The van der Waals surface area contributed by atoms with E-state index in [9.17, 15) is 14.0 Å². The Balaban J connectivity index is 2.93. The quantitative estimate of drug-likeness (QED) is 0.871. The lowest BCUT2D eigenvalue weighted by molar-refractivity contribution is -0.140. The van der Waals surface area contributed by atoms with E-state index in [1.807, 2.05) is 0 Å². The summed E-state index contributed by atoms with van der Waals surface area (Å²) in [6, 6.07) is 4.23. The second-order valence-corrected chi connectivity index (χ2v) is 4.71. The van der Waals surface area contributed by atoms with E-state index in [1.165, 1.54) is 23.1 Å². The molecule has 0 heterocycles. The number of carboxylic acid groups (broad SMARTS) is 1. The lowest BCUT2D eigenvalue weighted by atomic mass is 10.1. The number of hydrogen-bond acceptors (Lipinski definition) is 2. The van der Waals surface area contributed by atoms with Gasteiger partial charge in [0, 0.05) is 6.54 Å². The lowest BCUT2D eigenvalue weighted by Crippen LogP contribution is -2.50. The second kappa shape index (κ2) is 6.88. The number of aliphatic carboxylic acids is 1. The molecule has 0 radical (unpaired) electrons. The standard InChI is InChI=1S/C14H19FN2O3/c1-4-17(11-8-6-5-7-10(11)15)14(20)16-12(9(2)3)13(18)19/h5-9,12H,4H2,1-3H3,(H,16,20)(H,18,19)/t12-/m1/s1. The molecule has 0 fully saturated rings. The molecule has 0 saturated heterocycles. The second-order valence-electron chi connectivity index (χ2n) is 4.71. The minimum absolute atomic E-state index is 0.125. The molecule has 110 valence electrons. The summed E-state index contributed by atoms with van der Waals surface area (Å²) in [7, 11) is 0. The van der Waals surface area contributed by atoms with Crippen molar-refractivity contribution in [3.05, 3.63) is 30.1 Å². The summed E-state index contributed by atoms with van der Waals surface area (Å²) in [5, 5.41) is 11.5. The number of anilines is 1. The maximum absolute atomic E-state index is 13.7. The normalized spacial score (nSPS) is 12.1. The number of amides is 2. The number of para-hydroxylation sites is 1. The summed E-state index contributed by atoms with van der Waals surface area (Å²) in [5.41, 5.74) is 0.125. The highest BCUT2D eigenvalue weighted by atomic mass is 19.1. The van der Waals surface area contributed by atoms with Crippen LogP contribution >= 0.6 is 0 Å². The number of urea groups is 1. The van der Waals surface area contributed by atoms with Gasteiger partial charge in [-0.2, -0.15) is 0 Å². The highest BCUT2D eigenvalue weighted by Crippen LogP contribution is 2.18. The molecule has 0 bridgehead atoms. The van der Waals surface area contributed by atoms with Crippen LogP contribution < -0.4 is 10.2 Å². The summed E-state index contributed by atoms with van der Waals surface area (Å²) in [4.78, 5) is 24.4. The molecule has 5 nitrogen and oxygen atoms in total. The van der Waals surface area contributed by atoms with Crippen molar-refractivity contribution in [2.24, 2.45) is 5.92 Å². The van der Waals surface area contributed by atoms with Crippen LogP contribution in [0.15, 0.2) is 24.3 Å². The van der Waals surface area contributed by atoms with Gasteiger partial charge in [0.25, 0.3) is 0 Å². The van der Waals surface area contributed by atoms with Gasteiger partial charge in [0.05, 0.1) is 5.69 Å². The lowest BCUT2D eigenvalue weighted by Gasteiger charge is -2.25. The van der Waals surface area contributed by atoms with E-state index < -0.39 is 23.9 Å². The van der Waals surface area contributed by atoms with Gasteiger partial charge in [0.15, 0.2) is 0 Å². The van der Waals surface area contributed by atoms with Gasteiger partial charge in [-0.05, 0) is 25.0 Å². The zero-order valence-corrected chi connectivity index (χ0v) is 11.8. The smallest absolute Gasteiger partial charge is 0.326 e. The summed E-state index contributed by atoms with van der Waals surface area (Å²) >= 11 is 0. The van der Waals surface area contributed by atoms with Crippen molar-refractivity contribution in [2.45, 2.75) is 26.8 Å². The summed E-state index contributed by atoms with van der Waals surface area (Å²) in [6.45, 7) is 5.31. The van der Waals surface area contributed by atoms with Crippen molar-refractivity contribution in [1.82, 2.24) is 5.32 Å². The van der Waals surface area contributed by atoms with Crippen molar-refractivity contribution >= 4 is 17.7 Å². The van der Waals surface area contributed by atoms with Crippen LogP contribution in [-0.4, -0.2) is 29.7 Å². The average molecular weight is 282 g/mol. The Hall–Kier alpha value is -2.11. The Labute approximate surface area is 117 Å². The van der Waals surface area contributed by atoms with Crippen molar-refractivity contribution in [2.75, 3.05) is 11.4 Å². The number of halogens is 1. The molecule has 0 spiro atoms. The summed E-state index contributed by atoms with van der Waals surface area (Å²) in [6.07, 6.45) is 0. The number of benzene rings is 1. The molecular formula is C14H19FN2O3. The molecule has 0 unspecified atom stereocenters. The van der Waals surface area contributed by atoms with Crippen LogP contribution in [0.3, 0.4) is 0 Å². The molecule has 6 heteroatoms. The molecule has 20 heavy (non-hydrogen) atoms. The zero-order chi connectivity index (χ0) is 15.3. The van der Waals surface area contributed by atoms with Gasteiger partial charge in [-0.3, -0.25) is 4.90 Å². The molecule has 0 aromatic heterocycles. The number of carboxylic acids is 1. The number of nitrogens with zero attached hydrogens (tertiary/aromatic N) is 1. The first kappa shape index (κ1) is 15.9. The van der Waals surface area contributed by atoms with Crippen LogP contribution in [0.4, 0.5) is 14.9 Å². The molecule has 1 rings (SSSR count). The first-order valence-electron chi connectivity index (χ1n) is 6.43. The molecular weight excluding hydrogens is 263 g/mol. The van der Waals surface area contributed by atoms with E-state index in [0.717, 1.165) is 0 Å². The van der Waals surface area contributed by atoms with Gasteiger partial charge in [-0.25, -0.2) is 14.0 Å². The van der Waals surface area contributed by atoms with Crippen molar-refractivity contribution in [3.8, 4) is 0 Å². The number of carbonyl (C=O) groups is 2. The fourth-order valence-electron chi connectivity index (χ4n) is 1.82. The molecule has 2 amide bonds. The summed E-state index contributed by atoms with van der Waals surface area (Å²) < 4.78 is 13.7. The van der Waals surface area contributed by atoms with E-state index in [-0.39, 0.29) is 18.2 Å². The number of carbonyl (C=O) groups excluding carboxylic acids is 1.